The smallest absolute Gasteiger partial charge is 0.778 e. The zero-order valence-electron chi connectivity index (χ0n) is 6.79. The molecule has 0 spiro atoms. The molecule has 0 aliphatic heterocycles. The Morgan fingerprint density at radius 1 is 1.50 bits per heavy atom. The molecule has 0 aromatic rings. The fourth-order valence-corrected chi connectivity index (χ4v) is 1.61. The second-order valence-electron chi connectivity index (χ2n) is 1.75. The molecule has 0 aromatic heterocycles. The van der Waals surface area contributed by atoms with Crippen LogP contribution in [0.4, 0.5) is 0 Å². The SMILES string of the molecule is CCCP(=O)([O-])OCC.[Na+]. The van der Waals surface area contributed by atoms with Gasteiger partial charge in [0, 0.05) is 6.16 Å². The summed E-state index contributed by atoms with van der Waals surface area (Å²) in [7, 11) is -3.44. The van der Waals surface area contributed by atoms with Crippen molar-refractivity contribution in [3.05, 3.63) is 0 Å². The van der Waals surface area contributed by atoms with Crippen LogP contribution in [0.15, 0.2) is 0 Å². The molecule has 0 aliphatic rings. The van der Waals surface area contributed by atoms with Crippen LogP contribution in [0.5, 0.6) is 0 Å². The molecule has 0 aliphatic carbocycles. The van der Waals surface area contributed by atoms with Crippen molar-refractivity contribution in [2.24, 2.45) is 0 Å². The third-order valence-electron chi connectivity index (χ3n) is 0.823. The molecule has 0 radical (unpaired) electrons. The van der Waals surface area contributed by atoms with Crippen molar-refractivity contribution >= 4 is 7.60 Å². The standard InChI is InChI=1S/C5H13O3P.Na/c1-3-5-9(6,7)8-4-2;/h3-5H2,1-2H3,(H,6,7);/q;+1/p-1. The van der Waals surface area contributed by atoms with E-state index < -0.39 is 7.60 Å². The van der Waals surface area contributed by atoms with Gasteiger partial charge < -0.3 is 14.0 Å². The minimum atomic E-state index is -3.44. The first-order valence-corrected chi connectivity index (χ1v) is 4.79. The van der Waals surface area contributed by atoms with E-state index >= 15 is 0 Å². The quantitative estimate of drug-likeness (QED) is 0.365. The fraction of sp³-hybridized carbons (Fsp3) is 1.00. The van der Waals surface area contributed by atoms with Gasteiger partial charge in [-0.2, -0.15) is 0 Å². The van der Waals surface area contributed by atoms with Crippen LogP contribution in [0, 0.1) is 0 Å². The number of rotatable bonds is 4. The molecule has 0 saturated carbocycles. The van der Waals surface area contributed by atoms with Crippen molar-refractivity contribution < 1.29 is 43.5 Å². The van der Waals surface area contributed by atoms with Gasteiger partial charge >= 0.3 is 29.6 Å². The monoisotopic (exact) mass is 174 g/mol. The molecule has 0 bridgehead atoms. The van der Waals surface area contributed by atoms with Gasteiger partial charge in [0.1, 0.15) is 7.60 Å². The third-order valence-corrected chi connectivity index (χ3v) is 2.47. The van der Waals surface area contributed by atoms with Crippen LogP contribution < -0.4 is 34.5 Å². The summed E-state index contributed by atoms with van der Waals surface area (Å²) in [5.41, 5.74) is 0. The normalized spacial score (nSPS) is 15.5. The maximum absolute atomic E-state index is 10.6. The van der Waals surface area contributed by atoms with Crippen molar-refractivity contribution in [3.8, 4) is 0 Å². The largest absolute Gasteiger partial charge is 1.00 e. The first-order chi connectivity index (χ1) is 4.12. The van der Waals surface area contributed by atoms with Gasteiger partial charge in [-0.3, -0.25) is 0 Å². The Balaban J connectivity index is 0. The molecule has 0 saturated heterocycles. The Kier molecular flexibility index (Phi) is 9.38. The first-order valence-electron chi connectivity index (χ1n) is 3.07. The van der Waals surface area contributed by atoms with Crippen molar-refractivity contribution in [3.63, 3.8) is 0 Å². The van der Waals surface area contributed by atoms with E-state index in [2.05, 4.69) is 4.52 Å². The van der Waals surface area contributed by atoms with E-state index in [1.54, 1.807) is 6.92 Å². The topological polar surface area (TPSA) is 49.4 Å². The molecule has 10 heavy (non-hydrogen) atoms. The van der Waals surface area contributed by atoms with Gasteiger partial charge in [0.25, 0.3) is 0 Å². The molecular formula is C5H12NaO3P. The number of hydrogen-bond acceptors (Lipinski definition) is 3. The summed E-state index contributed by atoms with van der Waals surface area (Å²) < 4.78 is 15.1. The average Bonchev–Trinajstić information content (AvgIpc) is 1.64. The second kappa shape index (κ2) is 6.84. The summed E-state index contributed by atoms with van der Waals surface area (Å²) >= 11 is 0. The van der Waals surface area contributed by atoms with Crippen LogP contribution in [0.25, 0.3) is 0 Å². The van der Waals surface area contributed by atoms with Crippen molar-refractivity contribution in [1.82, 2.24) is 0 Å². The predicted octanol–water partition coefficient (Wildman–Crippen LogP) is -2.01. The van der Waals surface area contributed by atoms with Crippen LogP contribution in [0.3, 0.4) is 0 Å². The molecule has 0 fully saturated rings. The second-order valence-corrected chi connectivity index (χ2v) is 3.68. The van der Waals surface area contributed by atoms with Crippen LogP contribution >= 0.6 is 7.60 Å². The van der Waals surface area contributed by atoms with Gasteiger partial charge in [-0.1, -0.05) is 6.92 Å². The average molecular weight is 174 g/mol. The molecule has 0 aromatic carbocycles. The Labute approximate surface area is 84.0 Å². The zero-order valence-corrected chi connectivity index (χ0v) is 9.69. The maximum atomic E-state index is 10.6. The van der Waals surface area contributed by atoms with E-state index in [-0.39, 0.29) is 42.3 Å². The molecule has 56 valence electrons. The van der Waals surface area contributed by atoms with Crippen molar-refractivity contribution in [1.29, 1.82) is 0 Å². The van der Waals surface area contributed by atoms with Crippen LogP contribution in [0.2, 0.25) is 0 Å². The van der Waals surface area contributed by atoms with Crippen LogP contribution in [-0.4, -0.2) is 12.8 Å². The molecule has 1 unspecified atom stereocenters. The maximum Gasteiger partial charge on any atom is 1.00 e. The Morgan fingerprint density at radius 2 is 2.00 bits per heavy atom. The van der Waals surface area contributed by atoms with E-state index in [1.807, 2.05) is 6.92 Å². The van der Waals surface area contributed by atoms with E-state index in [0.29, 0.717) is 6.42 Å². The summed E-state index contributed by atoms with van der Waals surface area (Å²) in [6.07, 6.45) is 0.779. The van der Waals surface area contributed by atoms with Gasteiger partial charge in [-0.25, -0.2) is 0 Å². The molecule has 3 nitrogen and oxygen atoms in total. The Hall–Kier alpha value is 1.15. The summed E-state index contributed by atoms with van der Waals surface area (Å²) in [5, 5.41) is 0. The molecule has 0 heterocycles. The summed E-state index contributed by atoms with van der Waals surface area (Å²) in [6, 6.07) is 0. The molecule has 0 rings (SSSR count). The fourth-order valence-electron chi connectivity index (χ4n) is 0.535. The Bertz CT molecular complexity index is 107. The van der Waals surface area contributed by atoms with E-state index in [9.17, 15) is 9.46 Å². The van der Waals surface area contributed by atoms with Gasteiger partial charge in [0.05, 0.1) is 6.61 Å². The van der Waals surface area contributed by atoms with Crippen molar-refractivity contribution in [2.45, 2.75) is 20.3 Å². The number of hydrogen-bond donors (Lipinski definition) is 0. The first kappa shape index (κ1) is 13.7. The van der Waals surface area contributed by atoms with Gasteiger partial charge in [0.15, 0.2) is 0 Å². The molecular weight excluding hydrogens is 162 g/mol. The van der Waals surface area contributed by atoms with Gasteiger partial charge in [0.2, 0.25) is 0 Å². The van der Waals surface area contributed by atoms with E-state index in [0.717, 1.165) is 0 Å². The van der Waals surface area contributed by atoms with Crippen molar-refractivity contribution in [2.75, 3.05) is 12.8 Å². The van der Waals surface area contributed by atoms with Crippen LogP contribution in [-0.2, 0) is 9.09 Å². The van der Waals surface area contributed by atoms with Crippen LogP contribution in [0.1, 0.15) is 20.3 Å². The summed E-state index contributed by atoms with van der Waals surface area (Å²) in [4.78, 5) is 10.6. The Morgan fingerprint density at radius 3 is 2.30 bits per heavy atom. The van der Waals surface area contributed by atoms with E-state index in [4.69, 9.17) is 0 Å². The zero-order chi connectivity index (χ0) is 7.33. The van der Waals surface area contributed by atoms with Gasteiger partial charge in [-0.15, -0.1) is 0 Å². The molecule has 1 atom stereocenters. The minimum absolute atomic E-state index is 0. The van der Waals surface area contributed by atoms with E-state index in [1.165, 1.54) is 0 Å². The van der Waals surface area contributed by atoms with Gasteiger partial charge in [-0.05, 0) is 13.3 Å². The molecule has 0 amide bonds. The predicted molar refractivity (Wildman–Crippen MR) is 34.4 cm³/mol. The molecule has 0 N–H and O–H groups in total. The minimum Gasteiger partial charge on any atom is -0.778 e. The third kappa shape index (κ3) is 7.26. The molecule has 5 heteroatoms. The summed E-state index contributed by atoms with van der Waals surface area (Å²) in [5.74, 6) is 0. The summed E-state index contributed by atoms with van der Waals surface area (Å²) in [6.45, 7) is 3.73.